The minimum Gasteiger partial charge on any atom is -0.492 e. The van der Waals surface area contributed by atoms with E-state index in [1.165, 1.54) is 11.1 Å². The lowest BCUT2D eigenvalue weighted by molar-refractivity contribution is 0.171. The van der Waals surface area contributed by atoms with Crippen molar-refractivity contribution in [3.8, 4) is 5.75 Å². The van der Waals surface area contributed by atoms with Crippen molar-refractivity contribution in [2.45, 2.75) is 32.7 Å². The maximum Gasteiger partial charge on any atom is 0.153 e. The number of rotatable bonds is 6. The predicted molar refractivity (Wildman–Crippen MR) is 107 cm³/mol. The molecule has 1 saturated heterocycles. The zero-order valence-electron chi connectivity index (χ0n) is 16.6. The Labute approximate surface area is 162 Å². The first-order valence-corrected chi connectivity index (χ1v) is 11.2. The van der Waals surface area contributed by atoms with Crippen LogP contribution >= 0.6 is 0 Å². The lowest BCUT2D eigenvalue weighted by atomic mass is 9.98. The van der Waals surface area contributed by atoms with E-state index in [0.717, 1.165) is 11.3 Å². The zero-order chi connectivity index (χ0) is 19.6. The first-order chi connectivity index (χ1) is 12.7. The van der Waals surface area contributed by atoms with Gasteiger partial charge in [0.25, 0.3) is 0 Å². The van der Waals surface area contributed by atoms with Gasteiger partial charge in [0.1, 0.15) is 12.4 Å². The second kappa shape index (κ2) is 8.02. The van der Waals surface area contributed by atoms with E-state index >= 15 is 0 Å². The summed E-state index contributed by atoms with van der Waals surface area (Å²) in [7, 11) is -1.17. The summed E-state index contributed by atoms with van der Waals surface area (Å²) in [6.45, 7) is 8.21. The molecule has 2 aromatic rings. The van der Waals surface area contributed by atoms with Crippen LogP contribution in [0, 0.1) is 6.92 Å². The molecule has 1 aliphatic heterocycles. The lowest BCUT2D eigenvalue weighted by Gasteiger charge is -2.34. The number of benzene rings is 1. The highest BCUT2D eigenvalue weighted by atomic mass is 32.2. The topological polar surface area (TPSA) is 64.4 Å². The number of aryl methyl sites for hydroxylation is 2. The van der Waals surface area contributed by atoms with Gasteiger partial charge >= 0.3 is 0 Å². The van der Waals surface area contributed by atoms with Gasteiger partial charge in [0.15, 0.2) is 9.84 Å². The molecule has 148 valence electrons. The van der Waals surface area contributed by atoms with Gasteiger partial charge in [-0.15, -0.1) is 0 Å². The molecule has 0 aliphatic carbocycles. The Kier molecular flexibility index (Phi) is 5.91. The van der Waals surface area contributed by atoms with Gasteiger partial charge in [0, 0.05) is 31.9 Å². The van der Waals surface area contributed by atoms with Gasteiger partial charge in [-0.05, 0) is 36.1 Å². The van der Waals surface area contributed by atoms with Crippen LogP contribution < -0.4 is 4.74 Å². The monoisotopic (exact) mass is 391 g/mol. The number of aromatic nitrogens is 2. The van der Waals surface area contributed by atoms with Crippen molar-refractivity contribution in [2.75, 3.05) is 31.2 Å². The minimum absolute atomic E-state index is 0.140. The highest BCUT2D eigenvalue weighted by Crippen LogP contribution is 2.27. The van der Waals surface area contributed by atoms with Gasteiger partial charge in [-0.3, -0.25) is 9.58 Å². The van der Waals surface area contributed by atoms with E-state index in [1.807, 2.05) is 19.3 Å². The van der Waals surface area contributed by atoms with Crippen molar-refractivity contribution in [3.05, 3.63) is 47.3 Å². The standard InChI is InChI=1S/C20H29N3O3S/c1-15(2)19-6-5-18(11-16(19)3)26-9-7-23-8-10-27(24,25)14-20(23)17-12-21-22(4)13-17/h5-6,11-13,15,20H,7-10,14H2,1-4H3. The van der Waals surface area contributed by atoms with Gasteiger partial charge in [-0.1, -0.05) is 19.9 Å². The second-order valence-corrected chi connectivity index (χ2v) is 9.86. The van der Waals surface area contributed by atoms with Crippen LogP contribution in [0.15, 0.2) is 30.6 Å². The minimum atomic E-state index is -3.02. The summed E-state index contributed by atoms with van der Waals surface area (Å²) < 4.78 is 31.9. The van der Waals surface area contributed by atoms with E-state index in [4.69, 9.17) is 4.74 Å². The molecule has 1 aliphatic rings. The third kappa shape index (κ3) is 4.90. The van der Waals surface area contributed by atoms with Crippen LogP contribution in [0.2, 0.25) is 0 Å². The fraction of sp³-hybridized carbons (Fsp3) is 0.550. The molecule has 6 nitrogen and oxygen atoms in total. The quantitative estimate of drug-likeness (QED) is 0.758. The van der Waals surface area contributed by atoms with Crippen molar-refractivity contribution in [1.29, 1.82) is 0 Å². The van der Waals surface area contributed by atoms with E-state index in [9.17, 15) is 8.42 Å². The molecular weight excluding hydrogens is 362 g/mol. The molecule has 1 fully saturated rings. The Hall–Kier alpha value is -1.86. The Bertz CT molecular complexity index is 890. The van der Waals surface area contributed by atoms with Crippen LogP contribution in [0.4, 0.5) is 0 Å². The van der Waals surface area contributed by atoms with Gasteiger partial charge in [-0.25, -0.2) is 8.42 Å². The number of nitrogens with zero attached hydrogens (tertiary/aromatic N) is 3. The Morgan fingerprint density at radius 3 is 2.74 bits per heavy atom. The molecule has 0 spiro atoms. The average Bonchev–Trinajstić information content (AvgIpc) is 3.02. The fourth-order valence-electron chi connectivity index (χ4n) is 3.69. The summed E-state index contributed by atoms with van der Waals surface area (Å²) >= 11 is 0. The summed E-state index contributed by atoms with van der Waals surface area (Å²) in [4.78, 5) is 2.19. The van der Waals surface area contributed by atoms with Gasteiger partial charge in [-0.2, -0.15) is 5.10 Å². The molecule has 1 unspecified atom stereocenters. The van der Waals surface area contributed by atoms with E-state index in [-0.39, 0.29) is 17.5 Å². The smallest absolute Gasteiger partial charge is 0.153 e. The zero-order valence-corrected chi connectivity index (χ0v) is 17.4. The van der Waals surface area contributed by atoms with E-state index in [0.29, 0.717) is 25.6 Å². The van der Waals surface area contributed by atoms with Crippen molar-refractivity contribution in [1.82, 2.24) is 14.7 Å². The van der Waals surface area contributed by atoms with Crippen molar-refractivity contribution < 1.29 is 13.2 Å². The highest BCUT2D eigenvalue weighted by molar-refractivity contribution is 7.91. The van der Waals surface area contributed by atoms with E-state index in [1.54, 1.807) is 10.9 Å². The molecule has 1 aromatic heterocycles. The number of ether oxygens (including phenoxy) is 1. The molecule has 1 atom stereocenters. The SMILES string of the molecule is Cc1cc(OCCN2CCS(=O)(=O)CC2c2cnn(C)c2)ccc1C(C)C. The molecule has 7 heteroatoms. The molecule has 0 N–H and O–H groups in total. The third-order valence-corrected chi connectivity index (χ3v) is 6.79. The van der Waals surface area contributed by atoms with Crippen molar-refractivity contribution in [3.63, 3.8) is 0 Å². The number of sulfone groups is 1. The van der Waals surface area contributed by atoms with Crippen LogP contribution in [0.3, 0.4) is 0 Å². The molecule has 0 bridgehead atoms. The Balaban J connectivity index is 1.64. The number of hydrogen-bond acceptors (Lipinski definition) is 5. The lowest BCUT2D eigenvalue weighted by Crippen LogP contribution is -2.44. The van der Waals surface area contributed by atoms with E-state index < -0.39 is 9.84 Å². The molecule has 3 rings (SSSR count). The van der Waals surface area contributed by atoms with Crippen LogP contribution in [0.25, 0.3) is 0 Å². The molecular formula is C20H29N3O3S. The van der Waals surface area contributed by atoms with E-state index in [2.05, 4.69) is 42.9 Å². The maximum absolute atomic E-state index is 12.1. The molecule has 0 amide bonds. The summed E-state index contributed by atoms with van der Waals surface area (Å²) in [5.41, 5.74) is 3.51. The van der Waals surface area contributed by atoms with Crippen LogP contribution in [-0.2, 0) is 16.9 Å². The first kappa shape index (κ1) is 19.9. The molecule has 0 radical (unpaired) electrons. The van der Waals surface area contributed by atoms with Gasteiger partial charge < -0.3 is 4.74 Å². The predicted octanol–water partition coefficient (Wildman–Crippen LogP) is 2.70. The second-order valence-electron chi connectivity index (χ2n) is 7.64. The number of hydrogen-bond donors (Lipinski definition) is 0. The Morgan fingerprint density at radius 2 is 2.11 bits per heavy atom. The van der Waals surface area contributed by atoms with Crippen LogP contribution in [-0.4, -0.2) is 54.3 Å². The van der Waals surface area contributed by atoms with Gasteiger partial charge in [0.2, 0.25) is 0 Å². The largest absolute Gasteiger partial charge is 0.492 e. The maximum atomic E-state index is 12.1. The normalized spacial score (nSPS) is 20.1. The Morgan fingerprint density at radius 1 is 1.33 bits per heavy atom. The molecule has 1 aromatic carbocycles. The summed E-state index contributed by atoms with van der Waals surface area (Å²) in [5, 5.41) is 4.20. The summed E-state index contributed by atoms with van der Waals surface area (Å²) in [6.07, 6.45) is 3.65. The van der Waals surface area contributed by atoms with Crippen LogP contribution in [0.1, 0.15) is 42.5 Å². The van der Waals surface area contributed by atoms with Crippen molar-refractivity contribution in [2.24, 2.45) is 7.05 Å². The first-order valence-electron chi connectivity index (χ1n) is 9.41. The molecule has 0 saturated carbocycles. The average molecular weight is 392 g/mol. The highest BCUT2D eigenvalue weighted by Gasteiger charge is 2.32. The third-order valence-electron chi connectivity index (χ3n) is 5.16. The van der Waals surface area contributed by atoms with Crippen LogP contribution in [0.5, 0.6) is 5.75 Å². The molecule has 27 heavy (non-hydrogen) atoms. The summed E-state index contributed by atoms with van der Waals surface area (Å²) in [6, 6.07) is 6.06. The summed E-state index contributed by atoms with van der Waals surface area (Å²) in [5.74, 6) is 1.70. The molecule has 2 heterocycles. The van der Waals surface area contributed by atoms with Gasteiger partial charge in [0.05, 0.1) is 23.7 Å². The fourth-order valence-corrected chi connectivity index (χ4v) is 5.26. The van der Waals surface area contributed by atoms with Crippen molar-refractivity contribution >= 4 is 9.84 Å².